The molecule has 2 nitrogen and oxygen atoms in total. The molecule has 5 rings (SSSR count). The Morgan fingerprint density at radius 3 is 2.14 bits per heavy atom. The molecule has 8 heteroatoms. The number of aliphatic imine (C=N–C) groups is 1. The van der Waals surface area contributed by atoms with Gasteiger partial charge in [-0.3, -0.25) is 0 Å². The van der Waals surface area contributed by atoms with E-state index >= 15 is 0 Å². The van der Waals surface area contributed by atoms with Gasteiger partial charge in [-0.1, -0.05) is 53.8 Å². The number of benzene rings is 3. The summed E-state index contributed by atoms with van der Waals surface area (Å²) in [5.41, 5.74) is 0.465. The average molecular weight is 499 g/mol. The Kier molecular flexibility index (Phi) is 5.59. The Balaban J connectivity index is 1.81. The van der Waals surface area contributed by atoms with Gasteiger partial charge in [0.15, 0.2) is 0 Å². The molecular formula is C27H19F5N2S. The zero-order valence-corrected chi connectivity index (χ0v) is 19.5. The summed E-state index contributed by atoms with van der Waals surface area (Å²) in [5.74, 6) is -1.97. The van der Waals surface area contributed by atoms with Gasteiger partial charge in [-0.05, 0) is 60.9 Å². The van der Waals surface area contributed by atoms with Gasteiger partial charge in [0.25, 0.3) is 0 Å². The van der Waals surface area contributed by atoms with Gasteiger partial charge in [-0.15, -0.1) is 0 Å². The van der Waals surface area contributed by atoms with E-state index < -0.39 is 34.7 Å². The second-order valence-electron chi connectivity index (χ2n) is 8.52. The molecule has 3 aromatic carbocycles. The summed E-state index contributed by atoms with van der Waals surface area (Å²) in [5, 5.41) is 0.465. The summed E-state index contributed by atoms with van der Waals surface area (Å²) >= 11 is 1.37. The molecule has 178 valence electrons. The Bertz CT molecular complexity index is 1400. The SMILES string of the molecule is Cc1nc(N=C2[C@@H](c3ccccc3)[C@@]2(c2ccc(F)cc2)c2cc(F)cc(C(F)(F)F)c2)sc1C. The summed E-state index contributed by atoms with van der Waals surface area (Å²) < 4.78 is 69.5. The predicted octanol–water partition coefficient (Wildman–Crippen LogP) is 7.91. The van der Waals surface area contributed by atoms with E-state index in [0.29, 0.717) is 22.5 Å². The van der Waals surface area contributed by atoms with Crippen molar-refractivity contribution >= 4 is 22.2 Å². The van der Waals surface area contributed by atoms with Crippen LogP contribution in [0.15, 0.2) is 77.8 Å². The van der Waals surface area contributed by atoms with Crippen LogP contribution in [-0.2, 0) is 11.6 Å². The zero-order chi connectivity index (χ0) is 25.0. The van der Waals surface area contributed by atoms with E-state index in [1.165, 1.54) is 35.6 Å². The van der Waals surface area contributed by atoms with Crippen LogP contribution in [0.5, 0.6) is 0 Å². The third kappa shape index (κ3) is 4.05. The minimum atomic E-state index is -4.74. The lowest BCUT2D eigenvalue weighted by Crippen LogP contribution is -2.17. The van der Waals surface area contributed by atoms with E-state index in [1.807, 2.05) is 44.2 Å². The van der Waals surface area contributed by atoms with Gasteiger partial charge in [0, 0.05) is 16.5 Å². The highest BCUT2D eigenvalue weighted by molar-refractivity contribution is 7.15. The molecule has 1 aliphatic rings. The van der Waals surface area contributed by atoms with Crippen LogP contribution in [0, 0.1) is 25.5 Å². The highest BCUT2D eigenvalue weighted by Crippen LogP contribution is 2.62. The van der Waals surface area contributed by atoms with Crippen LogP contribution in [-0.4, -0.2) is 10.7 Å². The Labute approximate surface area is 202 Å². The quantitative estimate of drug-likeness (QED) is 0.263. The van der Waals surface area contributed by atoms with Crippen LogP contribution in [0.1, 0.15) is 38.7 Å². The molecule has 0 N–H and O–H groups in total. The second kappa shape index (κ2) is 8.37. The molecule has 0 amide bonds. The zero-order valence-electron chi connectivity index (χ0n) is 18.7. The van der Waals surface area contributed by atoms with Gasteiger partial charge in [0.1, 0.15) is 11.6 Å². The molecule has 4 aromatic rings. The van der Waals surface area contributed by atoms with Crippen molar-refractivity contribution in [2.75, 3.05) is 0 Å². The molecule has 1 aromatic heterocycles. The highest BCUT2D eigenvalue weighted by Gasteiger charge is 2.65. The first-order valence-corrected chi connectivity index (χ1v) is 11.6. The Morgan fingerprint density at radius 1 is 0.857 bits per heavy atom. The van der Waals surface area contributed by atoms with Crippen LogP contribution < -0.4 is 0 Å². The number of halogens is 5. The smallest absolute Gasteiger partial charge is 0.227 e. The lowest BCUT2D eigenvalue weighted by Gasteiger charge is -2.20. The van der Waals surface area contributed by atoms with E-state index in [9.17, 15) is 22.0 Å². The van der Waals surface area contributed by atoms with Crippen LogP contribution >= 0.6 is 11.3 Å². The van der Waals surface area contributed by atoms with Crippen molar-refractivity contribution in [2.24, 2.45) is 4.99 Å². The Morgan fingerprint density at radius 2 is 1.54 bits per heavy atom. The molecule has 1 aliphatic carbocycles. The fourth-order valence-corrected chi connectivity index (χ4v) is 5.41. The number of alkyl halides is 3. The molecule has 0 radical (unpaired) electrons. The van der Waals surface area contributed by atoms with Crippen molar-refractivity contribution in [3.8, 4) is 0 Å². The number of nitrogens with zero attached hydrogens (tertiary/aromatic N) is 2. The minimum absolute atomic E-state index is 0.106. The van der Waals surface area contributed by atoms with Crippen molar-refractivity contribution in [3.05, 3.63) is 117 Å². The maximum absolute atomic E-state index is 14.6. The van der Waals surface area contributed by atoms with Crippen molar-refractivity contribution in [1.29, 1.82) is 0 Å². The first-order valence-electron chi connectivity index (χ1n) is 10.8. The van der Waals surface area contributed by atoms with E-state index in [2.05, 4.69) is 4.98 Å². The van der Waals surface area contributed by atoms with E-state index in [1.54, 1.807) is 0 Å². The van der Waals surface area contributed by atoms with Crippen LogP contribution in [0.25, 0.3) is 0 Å². The predicted molar refractivity (Wildman–Crippen MR) is 126 cm³/mol. The average Bonchev–Trinajstić information content (AvgIpc) is 3.36. The third-order valence-corrected chi connectivity index (χ3v) is 7.34. The number of aromatic nitrogens is 1. The normalized spacial score (nSPS) is 20.9. The molecule has 1 saturated carbocycles. The molecule has 0 unspecified atom stereocenters. The van der Waals surface area contributed by atoms with Gasteiger partial charge in [0.05, 0.1) is 16.7 Å². The van der Waals surface area contributed by atoms with Gasteiger partial charge >= 0.3 is 6.18 Å². The molecule has 0 spiro atoms. The summed E-state index contributed by atoms with van der Waals surface area (Å²) in [6.07, 6.45) is -4.74. The van der Waals surface area contributed by atoms with Crippen molar-refractivity contribution in [1.82, 2.24) is 4.98 Å². The second-order valence-corrected chi connectivity index (χ2v) is 9.70. The highest BCUT2D eigenvalue weighted by atomic mass is 32.1. The van der Waals surface area contributed by atoms with Crippen LogP contribution in [0.3, 0.4) is 0 Å². The van der Waals surface area contributed by atoms with Crippen molar-refractivity contribution in [2.45, 2.75) is 31.4 Å². The molecule has 1 fully saturated rings. The minimum Gasteiger partial charge on any atom is -0.227 e. The topological polar surface area (TPSA) is 25.2 Å². The first-order chi connectivity index (χ1) is 16.6. The number of aryl methyl sites for hydroxylation is 2. The Hall–Kier alpha value is -3.39. The number of thiazole rings is 1. The van der Waals surface area contributed by atoms with Gasteiger partial charge < -0.3 is 0 Å². The molecule has 1 heterocycles. The van der Waals surface area contributed by atoms with Crippen molar-refractivity contribution in [3.63, 3.8) is 0 Å². The fourth-order valence-electron chi connectivity index (χ4n) is 4.62. The van der Waals surface area contributed by atoms with Gasteiger partial charge in [-0.2, -0.15) is 13.2 Å². The van der Waals surface area contributed by atoms with Gasteiger partial charge in [-0.25, -0.2) is 18.8 Å². The maximum Gasteiger partial charge on any atom is 0.416 e. The van der Waals surface area contributed by atoms with Crippen LogP contribution in [0.4, 0.5) is 27.1 Å². The summed E-state index contributed by atoms with van der Waals surface area (Å²) in [6.45, 7) is 3.76. The van der Waals surface area contributed by atoms with Crippen LogP contribution in [0.2, 0.25) is 0 Å². The third-order valence-electron chi connectivity index (χ3n) is 6.37. The maximum atomic E-state index is 14.6. The first kappa shape index (κ1) is 23.4. The number of rotatable bonds is 4. The van der Waals surface area contributed by atoms with E-state index in [-0.39, 0.29) is 5.56 Å². The molecule has 0 aliphatic heterocycles. The summed E-state index contributed by atoms with van der Waals surface area (Å²) in [6, 6.07) is 17.3. The summed E-state index contributed by atoms with van der Waals surface area (Å²) in [7, 11) is 0. The largest absolute Gasteiger partial charge is 0.416 e. The fraction of sp³-hybridized carbons (Fsp3) is 0.185. The lowest BCUT2D eigenvalue weighted by molar-refractivity contribution is -0.137. The standard InChI is InChI=1S/C27H19F5N2S/c1-15-16(2)35-25(33-15)34-24-23(17-6-4-3-5-7-17)26(24,18-8-10-21(28)11-9-18)19-12-20(27(30,31)32)14-22(29)13-19/h3-14,23H,1-2H3/t23-,26-/m1/s1. The number of hydrogen-bond acceptors (Lipinski definition) is 3. The molecule has 0 bridgehead atoms. The summed E-state index contributed by atoms with van der Waals surface area (Å²) in [4.78, 5) is 10.2. The molecule has 2 atom stereocenters. The van der Waals surface area contributed by atoms with Gasteiger partial charge in [0.2, 0.25) is 5.13 Å². The molecule has 0 saturated heterocycles. The lowest BCUT2D eigenvalue weighted by atomic mass is 9.83. The monoisotopic (exact) mass is 498 g/mol. The van der Waals surface area contributed by atoms with Crippen molar-refractivity contribution < 1.29 is 22.0 Å². The van der Waals surface area contributed by atoms with E-state index in [0.717, 1.165) is 28.3 Å². The number of hydrogen-bond donors (Lipinski definition) is 0. The molecule has 35 heavy (non-hydrogen) atoms. The molecular weight excluding hydrogens is 479 g/mol. The van der Waals surface area contributed by atoms with E-state index in [4.69, 9.17) is 4.99 Å².